The maximum Gasteiger partial charge on any atom is 0.527 e. The second-order valence-electron chi connectivity index (χ2n) is 5.72. The van der Waals surface area contributed by atoms with Crippen LogP contribution in [-0.2, 0) is 19.3 Å². The highest BCUT2D eigenvalue weighted by atomic mass is 31.2. The van der Waals surface area contributed by atoms with Crippen molar-refractivity contribution < 1.29 is 23.7 Å². The Balaban J connectivity index is 2.35. The maximum absolute atomic E-state index is 13.2. The lowest BCUT2D eigenvalue weighted by Gasteiger charge is -2.33. The van der Waals surface area contributed by atoms with Crippen LogP contribution >= 0.6 is 7.82 Å². The zero-order chi connectivity index (χ0) is 18.6. The zero-order valence-corrected chi connectivity index (χ0v) is 14.6. The molecule has 0 aliphatic rings. The molecule has 0 aliphatic heterocycles. The first-order valence-electron chi connectivity index (χ1n) is 7.91. The van der Waals surface area contributed by atoms with Crippen LogP contribution in [0.3, 0.4) is 0 Å². The van der Waals surface area contributed by atoms with E-state index in [9.17, 15) is 19.1 Å². The highest BCUT2D eigenvalue weighted by Crippen LogP contribution is 2.45. The van der Waals surface area contributed by atoms with E-state index in [2.05, 4.69) is 4.52 Å². The molecule has 0 heterocycles. The minimum absolute atomic E-state index is 0.552. The van der Waals surface area contributed by atoms with Gasteiger partial charge in [0.15, 0.2) is 0 Å². The van der Waals surface area contributed by atoms with E-state index in [0.717, 1.165) is 0 Å². The van der Waals surface area contributed by atoms with Gasteiger partial charge in [-0.3, -0.25) is 9.79 Å². The Bertz CT molecular complexity index is 824. The van der Waals surface area contributed by atoms with Gasteiger partial charge in [-0.1, -0.05) is 91.0 Å². The van der Waals surface area contributed by atoms with Crippen LogP contribution in [-0.4, -0.2) is 15.8 Å². The normalized spacial score (nSPS) is 11.8. The molecule has 2 N–H and O–H groups in total. The second kappa shape index (κ2) is 7.26. The molecule has 0 atom stereocenters. The van der Waals surface area contributed by atoms with Gasteiger partial charge in [-0.05, 0) is 16.7 Å². The van der Waals surface area contributed by atoms with Crippen LogP contribution in [0.5, 0.6) is 0 Å². The Morgan fingerprint density at radius 1 is 0.692 bits per heavy atom. The molecular weight excluding hydrogens is 351 g/mol. The van der Waals surface area contributed by atoms with Gasteiger partial charge in [0.1, 0.15) is 5.41 Å². The molecule has 0 amide bonds. The third-order valence-electron chi connectivity index (χ3n) is 4.13. The molecule has 0 aliphatic carbocycles. The summed E-state index contributed by atoms with van der Waals surface area (Å²) >= 11 is 0. The number of carbonyl (C=O) groups is 1. The largest absolute Gasteiger partial charge is 0.527 e. The standard InChI is InChI=1S/C20H17O5P/c21-19(25-26(22,23)24)20(16-10-4-1-5-11-16,17-12-6-2-7-13-17)18-14-8-3-9-15-18/h1-15H,(H2,22,23,24). The Morgan fingerprint density at radius 3 is 1.27 bits per heavy atom. The summed E-state index contributed by atoms with van der Waals surface area (Å²) < 4.78 is 16.0. The monoisotopic (exact) mass is 368 g/mol. The fraction of sp³-hybridized carbons (Fsp3) is 0.0500. The zero-order valence-electron chi connectivity index (χ0n) is 13.7. The summed E-state index contributed by atoms with van der Waals surface area (Å²) in [7, 11) is -5.03. The van der Waals surface area contributed by atoms with Gasteiger partial charge in [0, 0.05) is 0 Å². The molecule has 0 bridgehead atoms. The molecule has 0 radical (unpaired) electrons. The van der Waals surface area contributed by atoms with Crippen LogP contribution in [0.4, 0.5) is 0 Å². The van der Waals surface area contributed by atoms with Crippen molar-refractivity contribution in [3.05, 3.63) is 108 Å². The van der Waals surface area contributed by atoms with Crippen molar-refractivity contribution in [2.75, 3.05) is 0 Å². The molecule has 0 unspecified atom stereocenters. The molecule has 0 aromatic heterocycles. The molecule has 3 aromatic carbocycles. The second-order valence-corrected chi connectivity index (χ2v) is 6.88. The summed E-state index contributed by atoms with van der Waals surface area (Å²) in [5.74, 6) is -1.03. The average Bonchev–Trinajstić information content (AvgIpc) is 2.64. The van der Waals surface area contributed by atoms with E-state index in [0.29, 0.717) is 16.7 Å². The lowest BCUT2D eigenvalue weighted by atomic mass is 9.69. The van der Waals surface area contributed by atoms with E-state index in [1.807, 2.05) is 0 Å². The third kappa shape index (κ3) is 3.46. The summed E-state index contributed by atoms with van der Waals surface area (Å²) in [6, 6.07) is 26.4. The van der Waals surface area contributed by atoms with Crippen LogP contribution in [0.2, 0.25) is 0 Å². The highest BCUT2D eigenvalue weighted by Gasteiger charge is 2.47. The summed E-state index contributed by atoms with van der Waals surface area (Å²) in [5, 5.41) is 0. The van der Waals surface area contributed by atoms with Crippen LogP contribution in [0.15, 0.2) is 91.0 Å². The predicted octanol–water partition coefficient (Wildman–Crippen LogP) is 3.66. The van der Waals surface area contributed by atoms with Crippen LogP contribution in [0.25, 0.3) is 0 Å². The number of carbonyl (C=O) groups excluding carboxylic acids is 1. The van der Waals surface area contributed by atoms with E-state index in [1.54, 1.807) is 91.0 Å². The van der Waals surface area contributed by atoms with Gasteiger partial charge in [0.2, 0.25) is 0 Å². The summed E-state index contributed by atoms with van der Waals surface area (Å²) in [6.45, 7) is 0. The molecule has 3 aromatic rings. The van der Waals surface area contributed by atoms with Gasteiger partial charge in [0.05, 0.1) is 0 Å². The molecule has 0 spiro atoms. The Hall–Kier alpha value is -2.72. The van der Waals surface area contributed by atoms with Crippen LogP contribution in [0, 0.1) is 0 Å². The van der Waals surface area contributed by atoms with Crippen molar-refractivity contribution in [2.45, 2.75) is 5.41 Å². The van der Waals surface area contributed by atoms with Crippen LogP contribution in [0.1, 0.15) is 16.7 Å². The molecule has 26 heavy (non-hydrogen) atoms. The molecule has 5 nitrogen and oxygen atoms in total. The molecule has 0 fully saturated rings. The molecule has 0 saturated carbocycles. The number of phosphoric acid groups is 1. The molecule has 3 rings (SSSR count). The summed E-state index contributed by atoms with van der Waals surface area (Å²) in [4.78, 5) is 31.7. The van der Waals surface area contributed by atoms with Gasteiger partial charge in [0.25, 0.3) is 0 Å². The van der Waals surface area contributed by atoms with Crippen molar-refractivity contribution >= 4 is 13.8 Å². The van der Waals surface area contributed by atoms with Crippen molar-refractivity contribution in [3.63, 3.8) is 0 Å². The fourth-order valence-electron chi connectivity index (χ4n) is 3.09. The Kier molecular flexibility index (Phi) is 5.05. The van der Waals surface area contributed by atoms with E-state index in [1.165, 1.54) is 0 Å². The highest BCUT2D eigenvalue weighted by molar-refractivity contribution is 7.46. The van der Waals surface area contributed by atoms with Crippen molar-refractivity contribution in [1.29, 1.82) is 0 Å². The van der Waals surface area contributed by atoms with Gasteiger partial charge in [-0.25, -0.2) is 9.36 Å². The predicted molar refractivity (Wildman–Crippen MR) is 97.3 cm³/mol. The lowest BCUT2D eigenvalue weighted by molar-refractivity contribution is -0.139. The van der Waals surface area contributed by atoms with E-state index < -0.39 is 19.2 Å². The maximum atomic E-state index is 13.2. The number of benzene rings is 3. The third-order valence-corrected chi connectivity index (χ3v) is 4.53. The summed E-state index contributed by atoms with van der Waals surface area (Å²) in [6.07, 6.45) is 0. The quantitative estimate of drug-likeness (QED) is 0.530. The number of phosphoric ester groups is 1. The average molecular weight is 368 g/mol. The van der Waals surface area contributed by atoms with Crippen LogP contribution < -0.4 is 0 Å². The minimum Gasteiger partial charge on any atom is -0.369 e. The minimum atomic E-state index is -5.03. The first-order valence-corrected chi connectivity index (χ1v) is 9.44. The first kappa shape index (κ1) is 18.1. The number of hydrogen-bond donors (Lipinski definition) is 2. The lowest BCUT2D eigenvalue weighted by Crippen LogP contribution is -2.39. The molecular formula is C20H17O5P. The Labute approximate surface area is 151 Å². The van der Waals surface area contributed by atoms with Gasteiger partial charge >= 0.3 is 13.8 Å². The van der Waals surface area contributed by atoms with E-state index in [-0.39, 0.29) is 0 Å². The SMILES string of the molecule is O=C(OP(=O)(O)O)C(c1ccccc1)(c1ccccc1)c1ccccc1. The van der Waals surface area contributed by atoms with Gasteiger partial charge in [-0.15, -0.1) is 0 Å². The number of hydrogen-bond acceptors (Lipinski definition) is 3. The number of rotatable bonds is 5. The van der Waals surface area contributed by atoms with Crippen molar-refractivity contribution in [1.82, 2.24) is 0 Å². The molecule has 0 saturated heterocycles. The topological polar surface area (TPSA) is 83.8 Å². The molecule has 6 heteroatoms. The van der Waals surface area contributed by atoms with Gasteiger partial charge < -0.3 is 4.52 Å². The first-order chi connectivity index (χ1) is 12.4. The van der Waals surface area contributed by atoms with Gasteiger partial charge in [-0.2, -0.15) is 0 Å². The summed E-state index contributed by atoms with van der Waals surface area (Å²) in [5.41, 5.74) is 0.146. The fourth-order valence-corrected chi connectivity index (χ4v) is 3.45. The van der Waals surface area contributed by atoms with E-state index in [4.69, 9.17) is 0 Å². The van der Waals surface area contributed by atoms with Crippen molar-refractivity contribution in [2.24, 2.45) is 0 Å². The molecule has 132 valence electrons. The Morgan fingerprint density at radius 2 is 1.00 bits per heavy atom. The smallest absolute Gasteiger partial charge is 0.369 e. The van der Waals surface area contributed by atoms with E-state index >= 15 is 0 Å². The van der Waals surface area contributed by atoms with Crippen molar-refractivity contribution in [3.8, 4) is 0 Å².